The van der Waals surface area contributed by atoms with Gasteiger partial charge in [-0.15, -0.1) is 5.06 Å². The van der Waals surface area contributed by atoms with Crippen molar-refractivity contribution in [3.8, 4) is 0 Å². The molecule has 1 amide bonds. The first-order chi connectivity index (χ1) is 10.2. The molecule has 2 fully saturated rings. The number of halogens is 3. The van der Waals surface area contributed by atoms with E-state index in [4.69, 9.17) is 5.11 Å². The Morgan fingerprint density at radius 1 is 1.36 bits per heavy atom. The topological polar surface area (TPSA) is 87.2 Å². The highest BCUT2D eigenvalue weighted by atomic mass is 19.4. The third-order valence-electron chi connectivity index (χ3n) is 3.65. The normalized spacial score (nSPS) is 26.5. The first-order valence-electron chi connectivity index (χ1n) is 6.59. The van der Waals surface area contributed by atoms with E-state index >= 15 is 0 Å². The van der Waals surface area contributed by atoms with Crippen LogP contribution in [0.1, 0.15) is 19.3 Å². The summed E-state index contributed by atoms with van der Waals surface area (Å²) in [7, 11) is 0. The third-order valence-corrected chi connectivity index (χ3v) is 3.65. The molecule has 1 unspecified atom stereocenters. The molecule has 1 N–H and O–H groups in total. The van der Waals surface area contributed by atoms with Crippen molar-refractivity contribution in [2.24, 2.45) is 0 Å². The van der Waals surface area contributed by atoms with E-state index in [9.17, 15) is 27.6 Å². The molecular formula is C12H14F3N2O5. The SMILES string of the molecule is O=C(O)CN1CC[CH]C2(CCCN2OC(=O)C(F)(F)F)C1=O. The monoisotopic (exact) mass is 323 g/mol. The van der Waals surface area contributed by atoms with Gasteiger partial charge in [0, 0.05) is 13.1 Å². The summed E-state index contributed by atoms with van der Waals surface area (Å²) in [6, 6.07) is 0. The predicted molar refractivity (Wildman–Crippen MR) is 64.0 cm³/mol. The van der Waals surface area contributed by atoms with Crippen molar-refractivity contribution in [2.45, 2.75) is 31.0 Å². The van der Waals surface area contributed by atoms with Gasteiger partial charge in [0.25, 0.3) is 0 Å². The molecule has 2 heterocycles. The smallest absolute Gasteiger partial charge is 0.480 e. The second-order valence-electron chi connectivity index (χ2n) is 5.12. The summed E-state index contributed by atoms with van der Waals surface area (Å²) < 4.78 is 37.0. The maximum absolute atomic E-state index is 12.4. The summed E-state index contributed by atoms with van der Waals surface area (Å²) in [5, 5.41) is 9.50. The highest BCUT2D eigenvalue weighted by Crippen LogP contribution is 2.38. The third kappa shape index (κ3) is 3.01. The van der Waals surface area contributed by atoms with Crippen LogP contribution in [-0.2, 0) is 19.2 Å². The minimum absolute atomic E-state index is 0.0228. The molecule has 0 bridgehead atoms. The number of likely N-dealkylation sites (tertiary alicyclic amines) is 1. The summed E-state index contributed by atoms with van der Waals surface area (Å²) in [6.07, 6.45) is -2.84. The predicted octanol–water partition coefficient (Wildman–Crippen LogP) is 0.363. The Kier molecular flexibility index (Phi) is 4.32. The van der Waals surface area contributed by atoms with Crippen LogP contribution in [0.2, 0.25) is 0 Å². The number of carboxylic acids is 1. The molecule has 0 saturated carbocycles. The van der Waals surface area contributed by atoms with Gasteiger partial charge in [-0.2, -0.15) is 13.2 Å². The van der Waals surface area contributed by atoms with E-state index in [1.165, 1.54) is 6.42 Å². The maximum Gasteiger partial charge on any atom is 0.492 e. The van der Waals surface area contributed by atoms with E-state index in [1.807, 2.05) is 0 Å². The Morgan fingerprint density at radius 3 is 2.64 bits per heavy atom. The number of piperidine rings is 1. The molecule has 1 atom stereocenters. The Balaban J connectivity index is 2.17. The van der Waals surface area contributed by atoms with Crippen LogP contribution in [0.25, 0.3) is 0 Å². The molecule has 2 aliphatic heterocycles. The maximum atomic E-state index is 12.4. The molecule has 1 radical (unpaired) electrons. The Hall–Kier alpha value is -1.84. The molecule has 0 aromatic carbocycles. The van der Waals surface area contributed by atoms with Gasteiger partial charge in [0.05, 0.1) is 0 Å². The number of hydrogen-bond acceptors (Lipinski definition) is 5. The minimum atomic E-state index is -5.16. The summed E-state index contributed by atoms with van der Waals surface area (Å²) in [4.78, 5) is 39.6. The lowest BCUT2D eigenvalue weighted by atomic mass is 9.86. The van der Waals surface area contributed by atoms with Crippen molar-refractivity contribution >= 4 is 17.8 Å². The van der Waals surface area contributed by atoms with Crippen LogP contribution < -0.4 is 0 Å². The zero-order valence-electron chi connectivity index (χ0n) is 11.4. The first-order valence-corrected chi connectivity index (χ1v) is 6.59. The van der Waals surface area contributed by atoms with Crippen LogP contribution in [0.15, 0.2) is 0 Å². The molecule has 0 aromatic heterocycles. The Bertz CT molecular complexity index is 496. The van der Waals surface area contributed by atoms with Crippen LogP contribution >= 0.6 is 0 Å². The Labute approximate surface area is 123 Å². The number of hydroxylamine groups is 2. The van der Waals surface area contributed by atoms with E-state index < -0.39 is 36.1 Å². The fourth-order valence-corrected chi connectivity index (χ4v) is 2.75. The molecular weight excluding hydrogens is 309 g/mol. The molecule has 1 spiro atoms. The molecule has 2 aliphatic rings. The molecule has 2 rings (SSSR count). The van der Waals surface area contributed by atoms with Crippen molar-refractivity contribution in [3.63, 3.8) is 0 Å². The fourth-order valence-electron chi connectivity index (χ4n) is 2.75. The van der Waals surface area contributed by atoms with E-state index in [0.717, 1.165) is 9.96 Å². The highest BCUT2D eigenvalue weighted by Gasteiger charge is 2.55. The second kappa shape index (κ2) is 5.75. The molecule has 7 nitrogen and oxygen atoms in total. The van der Waals surface area contributed by atoms with E-state index in [1.54, 1.807) is 0 Å². The fraction of sp³-hybridized carbons (Fsp3) is 0.667. The minimum Gasteiger partial charge on any atom is -0.480 e. The number of alkyl halides is 3. The van der Waals surface area contributed by atoms with Gasteiger partial charge in [0.1, 0.15) is 12.1 Å². The summed E-state index contributed by atoms with van der Waals surface area (Å²) in [5.41, 5.74) is -1.51. The number of hydrogen-bond donors (Lipinski definition) is 1. The van der Waals surface area contributed by atoms with Crippen molar-refractivity contribution in [1.82, 2.24) is 9.96 Å². The quantitative estimate of drug-likeness (QED) is 0.807. The van der Waals surface area contributed by atoms with Crippen LogP contribution in [0.3, 0.4) is 0 Å². The van der Waals surface area contributed by atoms with Gasteiger partial charge in [-0.3, -0.25) is 9.59 Å². The van der Waals surface area contributed by atoms with Gasteiger partial charge in [-0.05, 0) is 25.7 Å². The van der Waals surface area contributed by atoms with E-state index in [2.05, 4.69) is 4.84 Å². The van der Waals surface area contributed by atoms with Crippen LogP contribution in [0, 0.1) is 6.42 Å². The molecule has 0 aromatic rings. The van der Waals surface area contributed by atoms with Crippen LogP contribution in [-0.4, -0.2) is 64.3 Å². The molecule has 123 valence electrons. The average molecular weight is 323 g/mol. The number of carbonyl (C=O) groups is 3. The number of carbonyl (C=O) groups excluding carboxylic acids is 2. The summed E-state index contributed by atoms with van der Waals surface area (Å²) >= 11 is 0. The van der Waals surface area contributed by atoms with Crippen molar-refractivity contribution in [3.05, 3.63) is 6.42 Å². The van der Waals surface area contributed by atoms with E-state index in [0.29, 0.717) is 12.8 Å². The van der Waals surface area contributed by atoms with Gasteiger partial charge in [0.15, 0.2) is 0 Å². The number of carboxylic acid groups (broad SMARTS) is 1. The molecule has 0 aliphatic carbocycles. The van der Waals surface area contributed by atoms with Crippen LogP contribution in [0.4, 0.5) is 13.2 Å². The van der Waals surface area contributed by atoms with Gasteiger partial charge >= 0.3 is 18.1 Å². The molecule has 2 saturated heterocycles. The zero-order valence-corrected chi connectivity index (χ0v) is 11.4. The lowest BCUT2D eigenvalue weighted by Crippen LogP contribution is -2.61. The van der Waals surface area contributed by atoms with Crippen molar-refractivity contribution < 1.29 is 37.5 Å². The van der Waals surface area contributed by atoms with E-state index in [-0.39, 0.29) is 19.5 Å². The first kappa shape index (κ1) is 16.5. The lowest BCUT2D eigenvalue weighted by Gasteiger charge is -2.42. The summed E-state index contributed by atoms with van der Waals surface area (Å²) in [6.45, 7) is -0.408. The number of amides is 1. The van der Waals surface area contributed by atoms with Crippen molar-refractivity contribution in [1.29, 1.82) is 0 Å². The van der Waals surface area contributed by atoms with Gasteiger partial charge < -0.3 is 14.8 Å². The number of rotatable bonds is 3. The standard InChI is InChI=1S/C12H14F3N2O5/c13-12(14,15)10(21)22-17-6-2-4-11(17)3-1-5-16(9(11)20)7-8(18)19/h3H,1-2,4-7H2,(H,18,19). The molecule has 22 heavy (non-hydrogen) atoms. The van der Waals surface area contributed by atoms with Gasteiger partial charge in [0.2, 0.25) is 5.91 Å². The number of aliphatic carboxylic acids is 1. The lowest BCUT2D eigenvalue weighted by molar-refractivity contribution is -0.250. The summed E-state index contributed by atoms with van der Waals surface area (Å²) in [5.74, 6) is -4.28. The highest BCUT2D eigenvalue weighted by molar-refractivity contribution is 5.91. The second-order valence-corrected chi connectivity index (χ2v) is 5.12. The largest absolute Gasteiger partial charge is 0.492 e. The van der Waals surface area contributed by atoms with Gasteiger partial charge in [-0.1, -0.05) is 0 Å². The van der Waals surface area contributed by atoms with Crippen LogP contribution in [0.5, 0.6) is 0 Å². The van der Waals surface area contributed by atoms with Gasteiger partial charge in [-0.25, -0.2) is 4.79 Å². The Morgan fingerprint density at radius 2 is 2.05 bits per heavy atom. The number of nitrogens with zero attached hydrogens (tertiary/aromatic N) is 2. The average Bonchev–Trinajstić information content (AvgIpc) is 2.77. The molecule has 10 heteroatoms. The zero-order chi connectivity index (χ0) is 16.5. The van der Waals surface area contributed by atoms with Crippen molar-refractivity contribution in [2.75, 3.05) is 19.6 Å².